The molecule has 2 aromatic rings. The first-order valence-corrected chi connectivity index (χ1v) is 10.6. The molecule has 1 aromatic carbocycles. The predicted molar refractivity (Wildman–Crippen MR) is 114 cm³/mol. The molecule has 156 valence electrons. The van der Waals surface area contributed by atoms with Crippen LogP contribution >= 0.6 is 11.3 Å². The summed E-state index contributed by atoms with van der Waals surface area (Å²) in [6.45, 7) is 7.09. The Hall–Kier alpha value is -2.45. The Balaban J connectivity index is 1.65. The molecular formula is C21H28N4O3S. The van der Waals surface area contributed by atoms with Crippen molar-refractivity contribution < 1.29 is 14.3 Å². The SMILES string of the molecule is CCOc1ccc(-c2nc(C)c(C(=O)N3CCN(C(=O)CN(C)C)CC3)s2)cc1. The van der Waals surface area contributed by atoms with E-state index in [1.165, 1.54) is 11.3 Å². The average molecular weight is 417 g/mol. The van der Waals surface area contributed by atoms with E-state index in [0.717, 1.165) is 22.0 Å². The van der Waals surface area contributed by atoms with Crippen molar-refractivity contribution in [3.8, 4) is 16.3 Å². The monoisotopic (exact) mass is 416 g/mol. The summed E-state index contributed by atoms with van der Waals surface area (Å²) < 4.78 is 5.48. The summed E-state index contributed by atoms with van der Waals surface area (Å²) in [5.41, 5.74) is 1.72. The van der Waals surface area contributed by atoms with E-state index in [9.17, 15) is 9.59 Å². The number of rotatable bonds is 6. The second-order valence-electron chi connectivity index (χ2n) is 7.30. The van der Waals surface area contributed by atoms with Crippen LogP contribution in [0.15, 0.2) is 24.3 Å². The van der Waals surface area contributed by atoms with Crippen LogP contribution in [0.4, 0.5) is 0 Å². The number of aryl methyl sites for hydroxylation is 1. The third kappa shape index (κ3) is 5.13. The van der Waals surface area contributed by atoms with Gasteiger partial charge in [0.1, 0.15) is 15.6 Å². The minimum Gasteiger partial charge on any atom is -0.494 e. The number of hydrogen-bond donors (Lipinski definition) is 0. The molecule has 0 bridgehead atoms. The maximum absolute atomic E-state index is 13.0. The Labute approximate surface area is 175 Å². The summed E-state index contributed by atoms with van der Waals surface area (Å²) in [7, 11) is 3.76. The lowest BCUT2D eigenvalue weighted by atomic mass is 10.2. The van der Waals surface area contributed by atoms with E-state index < -0.39 is 0 Å². The average Bonchev–Trinajstić information content (AvgIpc) is 3.09. The van der Waals surface area contributed by atoms with Gasteiger partial charge < -0.3 is 19.4 Å². The fraction of sp³-hybridized carbons (Fsp3) is 0.476. The summed E-state index contributed by atoms with van der Waals surface area (Å²) in [4.78, 5) is 36.0. The third-order valence-electron chi connectivity index (χ3n) is 4.77. The van der Waals surface area contributed by atoms with Crippen molar-refractivity contribution in [2.24, 2.45) is 0 Å². The molecule has 1 aliphatic rings. The van der Waals surface area contributed by atoms with Crippen molar-refractivity contribution in [3.63, 3.8) is 0 Å². The summed E-state index contributed by atoms with van der Waals surface area (Å²) in [6.07, 6.45) is 0. The summed E-state index contributed by atoms with van der Waals surface area (Å²) >= 11 is 1.42. The van der Waals surface area contributed by atoms with E-state index in [-0.39, 0.29) is 11.8 Å². The molecule has 0 N–H and O–H groups in total. The fourth-order valence-corrected chi connectivity index (χ4v) is 4.29. The largest absolute Gasteiger partial charge is 0.494 e. The maximum Gasteiger partial charge on any atom is 0.265 e. The Morgan fingerprint density at radius 3 is 2.31 bits per heavy atom. The molecule has 2 amide bonds. The van der Waals surface area contributed by atoms with E-state index in [1.807, 2.05) is 66.9 Å². The molecular weight excluding hydrogens is 388 g/mol. The van der Waals surface area contributed by atoms with Gasteiger partial charge in [0.15, 0.2) is 0 Å². The molecule has 7 nitrogen and oxygen atoms in total. The van der Waals surface area contributed by atoms with E-state index in [2.05, 4.69) is 4.98 Å². The number of thiazole rings is 1. The number of amides is 2. The number of carbonyl (C=O) groups is 2. The van der Waals surface area contributed by atoms with Gasteiger partial charge >= 0.3 is 0 Å². The van der Waals surface area contributed by atoms with Crippen molar-refractivity contribution in [1.29, 1.82) is 0 Å². The zero-order chi connectivity index (χ0) is 21.0. The van der Waals surface area contributed by atoms with Gasteiger partial charge in [-0.15, -0.1) is 11.3 Å². The van der Waals surface area contributed by atoms with Crippen LogP contribution < -0.4 is 4.74 Å². The van der Waals surface area contributed by atoms with Crippen LogP contribution in [-0.4, -0.2) is 84.9 Å². The van der Waals surface area contributed by atoms with E-state index >= 15 is 0 Å². The van der Waals surface area contributed by atoms with E-state index in [4.69, 9.17) is 4.74 Å². The lowest BCUT2D eigenvalue weighted by molar-refractivity contribution is -0.133. The molecule has 0 radical (unpaired) electrons. The lowest BCUT2D eigenvalue weighted by Crippen LogP contribution is -2.52. The number of benzene rings is 1. The number of likely N-dealkylation sites (N-methyl/N-ethyl adjacent to an activating group) is 1. The summed E-state index contributed by atoms with van der Waals surface area (Å²) in [6, 6.07) is 7.77. The number of piperazine rings is 1. The zero-order valence-electron chi connectivity index (χ0n) is 17.5. The Kier molecular flexibility index (Phi) is 6.87. The number of nitrogens with zero attached hydrogens (tertiary/aromatic N) is 4. The first-order chi connectivity index (χ1) is 13.9. The fourth-order valence-electron chi connectivity index (χ4n) is 3.25. The summed E-state index contributed by atoms with van der Waals surface area (Å²) in [5, 5.41) is 0.827. The number of aromatic nitrogens is 1. The van der Waals surface area contributed by atoms with Gasteiger partial charge in [-0.2, -0.15) is 0 Å². The molecule has 0 spiro atoms. The van der Waals surface area contributed by atoms with Crippen LogP contribution in [0.25, 0.3) is 10.6 Å². The molecule has 1 aromatic heterocycles. The molecule has 1 aliphatic heterocycles. The topological polar surface area (TPSA) is 66.0 Å². The van der Waals surface area contributed by atoms with Gasteiger partial charge in [-0.25, -0.2) is 4.98 Å². The van der Waals surface area contributed by atoms with Crippen LogP contribution in [0.1, 0.15) is 22.3 Å². The molecule has 0 saturated carbocycles. The van der Waals surface area contributed by atoms with Gasteiger partial charge in [-0.3, -0.25) is 9.59 Å². The Morgan fingerprint density at radius 2 is 1.72 bits per heavy atom. The molecule has 1 fully saturated rings. The minimum absolute atomic E-state index is 0.00287. The highest BCUT2D eigenvalue weighted by molar-refractivity contribution is 7.17. The van der Waals surface area contributed by atoms with Gasteiger partial charge in [-0.05, 0) is 52.2 Å². The molecule has 2 heterocycles. The highest BCUT2D eigenvalue weighted by Gasteiger charge is 2.27. The normalized spacial score (nSPS) is 14.4. The molecule has 8 heteroatoms. The maximum atomic E-state index is 13.0. The number of hydrogen-bond acceptors (Lipinski definition) is 6. The second kappa shape index (κ2) is 9.37. The first kappa shape index (κ1) is 21.3. The van der Waals surface area contributed by atoms with Gasteiger partial charge in [0.25, 0.3) is 5.91 Å². The van der Waals surface area contributed by atoms with Crippen LogP contribution in [-0.2, 0) is 4.79 Å². The molecule has 0 aliphatic carbocycles. The quantitative estimate of drug-likeness (QED) is 0.723. The number of carbonyl (C=O) groups excluding carboxylic acids is 2. The molecule has 3 rings (SSSR count). The molecule has 0 unspecified atom stereocenters. The molecule has 0 atom stereocenters. The third-order valence-corrected chi connectivity index (χ3v) is 5.97. The molecule has 1 saturated heterocycles. The van der Waals surface area contributed by atoms with E-state index in [1.54, 1.807) is 0 Å². The van der Waals surface area contributed by atoms with Gasteiger partial charge in [0.05, 0.1) is 18.8 Å². The van der Waals surface area contributed by atoms with Crippen molar-refractivity contribution in [2.45, 2.75) is 13.8 Å². The Morgan fingerprint density at radius 1 is 1.10 bits per heavy atom. The van der Waals surface area contributed by atoms with Crippen LogP contribution in [0, 0.1) is 6.92 Å². The minimum atomic E-state index is -0.00287. The van der Waals surface area contributed by atoms with Crippen molar-refractivity contribution in [2.75, 3.05) is 53.4 Å². The number of ether oxygens (including phenoxy) is 1. The second-order valence-corrected chi connectivity index (χ2v) is 8.30. The lowest BCUT2D eigenvalue weighted by Gasteiger charge is -2.35. The standard InChI is InChI=1S/C21H28N4O3S/c1-5-28-17-8-6-16(7-9-17)20-22-15(2)19(29-20)21(27)25-12-10-24(11-13-25)18(26)14-23(3)4/h6-9H,5,10-14H2,1-4H3. The zero-order valence-corrected chi connectivity index (χ0v) is 18.3. The van der Waals surface area contributed by atoms with Crippen molar-refractivity contribution >= 4 is 23.2 Å². The van der Waals surface area contributed by atoms with Crippen LogP contribution in [0.5, 0.6) is 5.75 Å². The van der Waals surface area contributed by atoms with Crippen LogP contribution in [0.2, 0.25) is 0 Å². The van der Waals surface area contributed by atoms with Gasteiger partial charge in [-0.1, -0.05) is 0 Å². The van der Waals surface area contributed by atoms with E-state index in [0.29, 0.717) is 44.2 Å². The smallest absolute Gasteiger partial charge is 0.265 e. The Bertz CT molecular complexity index is 855. The van der Waals surface area contributed by atoms with Crippen molar-refractivity contribution in [3.05, 3.63) is 34.8 Å². The van der Waals surface area contributed by atoms with Crippen molar-refractivity contribution in [1.82, 2.24) is 19.7 Å². The highest BCUT2D eigenvalue weighted by Crippen LogP contribution is 2.30. The first-order valence-electron chi connectivity index (χ1n) is 9.81. The van der Waals surface area contributed by atoms with Crippen LogP contribution in [0.3, 0.4) is 0 Å². The summed E-state index contributed by atoms with van der Waals surface area (Å²) in [5.74, 6) is 0.924. The van der Waals surface area contributed by atoms with Gasteiger partial charge in [0.2, 0.25) is 5.91 Å². The predicted octanol–water partition coefficient (Wildman–Crippen LogP) is 2.36. The highest BCUT2D eigenvalue weighted by atomic mass is 32.1. The van der Waals surface area contributed by atoms with Gasteiger partial charge in [0, 0.05) is 31.7 Å². The molecule has 29 heavy (non-hydrogen) atoms.